The van der Waals surface area contributed by atoms with Crippen LogP contribution >= 0.6 is 11.3 Å². The Balaban J connectivity index is 2.90. The van der Waals surface area contributed by atoms with Crippen LogP contribution in [0.5, 0.6) is 0 Å². The SMILES string of the molecule is Nc1sc2ccccc2c1C=O. The Morgan fingerprint density at radius 3 is 2.83 bits per heavy atom. The molecule has 60 valence electrons. The molecule has 2 N–H and O–H groups in total. The summed E-state index contributed by atoms with van der Waals surface area (Å²) < 4.78 is 1.07. The molecule has 2 nitrogen and oxygen atoms in total. The van der Waals surface area contributed by atoms with E-state index in [-0.39, 0.29) is 0 Å². The fourth-order valence-corrected chi connectivity index (χ4v) is 2.15. The number of benzene rings is 1. The number of anilines is 1. The Hall–Kier alpha value is -1.35. The van der Waals surface area contributed by atoms with Crippen LogP contribution in [0.15, 0.2) is 24.3 Å². The van der Waals surface area contributed by atoms with Crippen LogP contribution in [0.3, 0.4) is 0 Å². The number of carbonyl (C=O) groups is 1. The molecule has 0 radical (unpaired) electrons. The number of rotatable bonds is 1. The summed E-state index contributed by atoms with van der Waals surface area (Å²) >= 11 is 1.45. The Kier molecular flexibility index (Phi) is 1.59. The fraction of sp³-hybridized carbons (Fsp3) is 0. The van der Waals surface area contributed by atoms with Crippen molar-refractivity contribution >= 4 is 32.7 Å². The van der Waals surface area contributed by atoms with Gasteiger partial charge >= 0.3 is 0 Å². The molecule has 0 aliphatic rings. The Morgan fingerprint density at radius 2 is 2.08 bits per heavy atom. The maximum absolute atomic E-state index is 10.6. The van der Waals surface area contributed by atoms with E-state index in [1.54, 1.807) is 0 Å². The minimum Gasteiger partial charge on any atom is -0.390 e. The van der Waals surface area contributed by atoms with Crippen LogP contribution < -0.4 is 5.73 Å². The maximum Gasteiger partial charge on any atom is 0.153 e. The van der Waals surface area contributed by atoms with Crippen LogP contribution in [-0.2, 0) is 0 Å². The van der Waals surface area contributed by atoms with Crippen molar-refractivity contribution in [2.24, 2.45) is 0 Å². The minimum absolute atomic E-state index is 0.603. The highest BCUT2D eigenvalue weighted by Gasteiger charge is 2.06. The van der Waals surface area contributed by atoms with Gasteiger partial charge in [-0.3, -0.25) is 4.79 Å². The first-order valence-electron chi connectivity index (χ1n) is 3.55. The first kappa shape index (κ1) is 7.31. The second-order valence-electron chi connectivity index (χ2n) is 2.49. The van der Waals surface area contributed by atoms with E-state index in [9.17, 15) is 4.79 Å². The highest BCUT2D eigenvalue weighted by atomic mass is 32.1. The lowest BCUT2D eigenvalue weighted by Crippen LogP contribution is -1.85. The van der Waals surface area contributed by atoms with Gasteiger partial charge in [0.1, 0.15) is 0 Å². The van der Waals surface area contributed by atoms with Crippen molar-refractivity contribution < 1.29 is 4.79 Å². The number of fused-ring (bicyclic) bond motifs is 1. The van der Waals surface area contributed by atoms with Gasteiger partial charge in [0.2, 0.25) is 0 Å². The topological polar surface area (TPSA) is 43.1 Å². The van der Waals surface area contributed by atoms with Crippen molar-refractivity contribution in [2.45, 2.75) is 0 Å². The summed E-state index contributed by atoms with van der Waals surface area (Å²) in [5.74, 6) is 0. The molecule has 0 amide bonds. The van der Waals surface area contributed by atoms with Crippen molar-refractivity contribution in [1.29, 1.82) is 0 Å². The summed E-state index contributed by atoms with van der Waals surface area (Å²) in [6.07, 6.45) is 0.814. The second-order valence-corrected chi connectivity index (χ2v) is 3.58. The van der Waals surface area contributed by atoms with Gasteiger partial charge in [0.05, 0.1) is 10.6 Å². The van der Waals surface area contributed by atoms with Crippen LogP contribution in [-0.4, -0.2) is 6.29 Å². The number of aldehydes is 1. The molecule has 0 aliphatic carbocycles. The molecular weight excluding hydrogens is 170 g/mol. The number of hydrogen-bond acceptors (Lipinski definition) is 3. The van der Waals surface area contributed by atoms with E-state index in [1.807, 2.05) is 24.3 Å². The summed E-state index contributed by atoms with van der Waals surface area (Å²) in [4.78, 5) is 10.6. The van der Waals surface area contributed by atoms with Gasteiger partial charge in [-0.25, -0.2) is 0 Å². The third-order valence-corrected chi connectivity index (χ3v) is 2.80. The number of nitrogen functional groups attached to an aromatic ring is 1. The van der Waals surface area contributed by atoms with Crippen molar-refractivity contribution in [3.8, 4) is 0 Å². The molecule has 0 unspecified atom stereocenters. The van der Waals surface area contributed by atoms with Gasteiger partial charge in [0, 0.05) is 10.1 Å². The molecule has 0 bridgehead atoms. The molecule has 1 heterocycles. The van der Waals surface area contributed by atoms with Crippen LogP contribution in [0.1, 0.15) is 10.4 Å². The minimum atomic E-state index is 0.603. The molecule has 12 heavy (non-hydrogen) atoms. The van der Waals surface area contributed by atoms with Gasteiger partial charge in [-0.05, 0) is 6.07 Å². The zero-order valence-electron chi connectivity index (χ0n) is 6.28. The third-order valence-electron chi connectivity index (χ3n) is 1.78. The van der Waals surface area contributed by atoms with Crippen molar-refractivity contribution in [3.05, 3.63) is 29.8 Å². The van der Waals surface area contributed by atoms with Crippen LogP contribution in [0, 0.1) is 0 Å². The van der Waals surface area contributed by atoms with E-state index in [4.69, 9.17) is 5.73 Å². The summed E-state index contributed by atoms with van der Waals surface area (Å²) in [5.41, 5.74) is 6.27. The van der Waals surface area contributed by atoms with Crippen molar-refractivity contribution in [1.82, 2.24) is 0 Å². The van der Waals surface area contributed by atoms with Crippen molar-refractivity contribution in [3.63, 3.8) is 0 Å². The van der Waals surface area contributed by atoms with E-state index < -0.39 is 0 Å². The Morgan fingerprint density at radius 1 is 1.33 bits per heavy atom. The molecule has 1 aromatic heterocycles. The molecule has 3 heteroatoms. The standard InChI is InChI=1S/C9H7NOS/c10-9-7(5-11)6-3-1-2-4-8(6)12-9/h1-5H,10H2. The van der Waals surface area contributed by atoms with Gasteiger partial charge in [0.25, 0.3) is 0 Å². The first-order chi connectivity index (χ1) is 5.83. The summed E-state index contributed by atoms with van der Waals surface area (Å²) in [5, 5.41) is 1.56. The summed E-state index contributed by atoms with van der Waals surface area (Å²) in [6.45, 7) is 0. The predicted molar refractivity (Wildman–Crippen MR) is 51.6 cm³/mol. The fourth-order valence-electron chi connectivity index (χ4n) is 1.21. The second kappa shape index (κ2) is 2.60. The molecule has 2 rings (SSSR count). The lowest BCUT2D eigenvalue weighted by Gasteiger charge is -1.87. The lowest BCUT2D eigenvalue weighted by molar-refractivity contribution is 0.112. The number of carbonyl (C=O) groups excluding carboxylic acids is 1. The van der Waals surface area contributed by atoms with E-state index in [1.165, 1.54) is 11.3 Å². The lowest BCUT2D eigenvalue weighted by atomic mass is 10.2. The molecule has 2 aromatic rings. The normalized spacial score (nSPS) is 10.3. The van der Waals surface area contributed by atoms with Crippen molar-refractivity contribution in [2.75, 3.05) is 5.73 Å². The molecule has 0 atom stereocenters. The third kappa shape index (κ3) is 0.905. The van der Waals surface area contributed by atoms with E-state index in [2.05, 4.69) is 0 Å². The Labute approximate surface area is 73.6 Å². The van der Waals surface area contributed by atoms with Gasteiger partial charge < -0.3 is 5.73 Å². The highest BCUT2D eigenvalue weighted by Crippen LogP contribution is 2.31. The quantitative estimate of drug-likeness (QED) is 0.679. The van der Waals surface area contributed by atoms with Gasteiger partial charge in [0.15, 0.2) is 6.29 Å². The molecule has 0 aliphatic heterocycles. The van der Waals surface area contributed by atoms with Crippen LogP contribution in [0.4, 0.5) is 5.00 Å². The monoisotopic (exact) mass is 177 g/mol. The largest absolute Gasteiger partial charge is 0.390 e. The average Bonchev–Trinajstić information content (AvgIpc) is 2.40. The first-order valence-corrected chi connectivity index (χ1v) is 4.37. The Bertz CT molecular complexity index is 433. The predicted octanol–water partition coefficient (Wildman–Crippen LogP) is 2.30. The molecule has 0 spiro atoms. The van der Waals surface area contributed by atoms with Gasteiger partial charge in [-0.2, -0.15) is 0 Å². The highest BCUT2D eigenvalue weighted by molar-refractivity contribution is 7.23. The number of hydrogen-bond donors (Lipinski definition) is 1. The average molecular weight is 177 g/mol. The van der Waals surface area contributed by atoms with Crippen LogP contribution in [0.2, 0.25) is 0 Å². The molecule has 1 aromatic carbocycles. The van der Waals surface area contributed by atoms with E-state index >= 15 is 0 Å². The van der Waals surface area contributed by atoms with Gasteiger partial charge in [-0.1, -0.05) is 18.2 Å². The molecule has 0 saturated carbocycles. The molecule has 0 saturated heterocycles. The summed E-state index contributed by atoms with van der Waals surface area (Å²) in [6, 6.07) is 7.71. The van der Waals surface area contributed by atoms with Gasteiger partial charge in [-0.15, -0.1) is 11.3 Å². The zero-order chi connectivity index (χ0) is 8.55. The van der Waals surface area contributed by atoms with E-state index in [0.717, 1.165) is 16.4 Å². The number of nitrogens with two attached hydrogens (primary N) is 1. The molecule has 0 fully saturated rings. The zero-order valence-corrected chi connectivity index (χ0v) is 7.10. The number of thiophene rings is 1. The maximum atomic E-state index is 10.6. The molecular formula is C9H7NOS. The smallest absolute Gasteiger partial charge is 0.153 e. The summed E-state index contributed by atoms with van der Waals surface area (Å²) in [7, 11) is 0. The van der Waals surface area contributed by atoms with Crippen LogP contribution in [0.25, 0.3) is 10.1 Å². The van der Waals surface area contributed by atoms with E-state index in [0.29, 0.717) is 10.6 Å².